The Morgan fingerprint density at radius 3 is 2.71 bits per heavy atom. The molecule has 4 heteroatoms. The highest BCUT2D eigenvalue weighted by atomic mass is 32.2. The molecule has 0 spiro atoms. The Balaban J connectivity index is 2.00. The van der Waals surface area contributed by atoms with Gasteiger partial charge in [-0.05, 0) is 24.6 Å². The molecule has 1 saturated heterocycles. The van der Waals surface area contributed by atoms with E-state index in [0.717, 1.165) is 5.75 Å². The van der Waals surface area contributed by atoms with Crippen LogP contribution in [0.4, 0.5) is 0 Å². The fraction of sp³-hybridized carbons (Fsp3) is 0.538. The summed E-state index contributed by atoms with van der Waals surface area (Å²) < 4.78 is 5.44. The predicted molar refractivity (Wildman–Crippen MR) is 78.1 cm³/mol. The molecule has 1 aliphatic heterocycles. The molecule has 1 aromatic rings. The van der Waals surface area contributed by atoms with Gasteiger partial charge in [-0.15, -0.1) is 0 Å². The fourth-order valence-corrected chi connectivity index (χ4v) is 4.68. The number of nitrogens with two attached hydrogens (primary N) is 1. The lowest BCUT2D eigenvalue weighted by atomic mass is 10.1. The van der Waals surface area contributed by atoms with Gasteiger partial charge in [0.05, 0.1) is 6.61 Å². The van der Waals surface area contributed by atoms with Gasteiger partial charge in [-0.3, -0.25) is 0 Å². The molecule has 2 nitrogen and oxygen atoms in total. The van der Waals surface area contributed by atoms with E-state index < -0.39 is 0 Å². The van der Waals surface area contributed by atoms with E-state index >= 15 is 0 Å². The van der Waals surface area contributed by atoms with Crippen LogP contribution in [0.1, 0.15) is 18.5 Å². The molecular weight excluding hydrogens is 250 g/mol. The van der Waals surface area contributed by atoms with E-state index in [0.29, 0.717) is 11.9 Å². The first-order valence-electron chi connectivity index (χ1n) is 5.99. The van der Waals surface area contributed by atoms with Crippen molar-refractivity contribution < 1.29 is 4.74 Å². The van der Waals surface area contributed by atoms with Crippen molar-refractivity contribution in [3.8, 4) is 5.75 Å². The molecule has 94 valence electrons. The average Bonchev–Trinajstić information content (AvgIpc) is 2.40. The van der Waals surface area contributed by atoms with E-state index in [1.165, 1.54) is 22.8 Å². The number of hydrogen-bond acceptors (Lipinski definition) is 4. The highest BCUT2D eigenvalue weighted by molar-refractivity contribution is 8.06. The fourth-order valence-electron chi connectivity index (χ4n) is 1.88. The van der Waals surface area contributed by atoms with Crippen LogP contribution in [0.2, 0.25) is 0 Å². The second-order valence-electron chi connectivity index (χ2n) is 4.01. The van der Waals surface area contributed by atoms with Crippen molar-refractivity contribution in [3.05, 3.63) is 29.8 Å². The first-order chi connectivity index (χ1) is 8.31. The Hall–Kier alpha value is -0.320. The molecular formula is C13H19NOS2. The van der Waals surface area contributed by atoms with Gasteiger partial charge in [0.2, 0.25) is 0 Å². The maximum absolute atomic E-state index is 6.32. The van der Waals surface area contributed by atoms with Crippen LogP contribution in [-0.4, -0.2) is 29.1 Å². The van der Waals surface area contributed by atoms with Crippen molar-refractivity contribution in [2.45, 2.75) is 18.2 Å². The third kappa shape index (κ3) is 3.57. The largest absolute Gasteiger partial charge is 0.494 e. The smallest absolute Gasteiger partial charge is 0.119 e. The topological polar surface area (TPSA) is 35.2 Å². The zero-order valence-corrected chi connectivity index (χ0v) is 11.7. The van der Waals surface area contributed by atoms with Gasteiger partial charge in [0.25, 0.3) is 0 Å². The van der Waals surface area contributed by atoms with Crippen LogP contribution in [0.25, 0.3) is 0 Å². The van der Waals surface area contributed by atoms with Gasteiger partial charge in [-0.25, -0.2) is 0 Å². The molecule has 2 N–H and O–H groups in total. The van der Waals surface area contributed by atoms with Gasteiger partial charge in [0.15, 0.2) is 0 Å². The molecule has 2 unspecified atom stereocenters. The molecule has 0 amide bonds. The van der Waals surface area contributed by atoms with Crippen LogP contribution in [0.5, 0.6) is 5.75 Å². The minimum absolute atomic E-state index is 0.142. The molecule has 1 heterocycles. The Morgan fingerprint density at radius 2 is 2.12 bits per heavy atom. The minimum atomic E-state index is 0.142. The second kappa shape index (κ2) is 6.57. The monoisotopic (exact) mass is 269 g/mol. The van der Waals surface area contributed by atoms with Crippen LogP contribution in [0, 0.1) is 0 Å². The Morgan fingerprint density at radius 1 is 1.35 bits per heavy atom. The van der Waals surface area contributed by atoms with Gasteiger partial charge in [0.1, 0.15) is 5.75 Å². The van der Waals surface area contributed by atoms with Crippen LogP contribution in [-0.2, 0) is 0 Å². The predicted octanol–water partition coefficient (Wildman–Crippen LogP) is 2.93. The van der Waals surface area contributed by atoms with Crippen molar-refractivity contribution in [1.82, 2.24) is 0 Å². The van der Waals surface area contributed by atoms with E-state index in [1.54, 1.807) is 0 Å². The zero-order valence-electron chi connectivity index (χ0n) is 10.1. The van der Waals surface area contributed by atoms with E-state index in [-0.39, 0.29) is 6.04 Å². The third-order valence-electron chi connectivity index (χ3n) is 2.82. The number of rotatable bonds is 4. The first-order valence-corrected chi connectivity index (χ1v) is 8.19. The van der Waals surface area contributed by atoms with Gasteiger partial charge in [0, 0.05) is 28.6 Å². The summed E-state index contributed by atoms with van der Waals surface area (Å²) in [5, 5.41) is 0.548. The molecule has 2 atom stereocenters. The molecule has 17 heavy (non-hydrogen) atoms. The lowest BCUT2D eigenvalue weighted by Gasteiger charge is -2.27. The summed E-state index contributed by atoms with van der Waals surface area (Å²) in [6.45, 7) is 2.70. The van der Waals surface area contributed by atoms with Crippen LogP contribution in [0.15, 0.2) is 24.3 Å². The van der Waals surface area contributed by atoms with E-state index in [1.807, 2.05) is 42.6 Å². The Kier molecular flexibility index (Phi) is 5.07. The normalized spacial score (nSPS) is 22.1. The molecule has 0 saturated carbocycles. The highest BCUT2D eigenvalue weighted by Gasteiger charge is 2.22. The Bertz CT molecular complexity index is 336. The molecule has 0 radical (unpaired) electrons. The van der Waals surface area contributed by atoms with Crippen molar-refractivity contribution in [1.29, 1.82) is 0 Å². The number of hydrogen-bond donors (Lipinski definition) is 1. The zero-order chi connectivity index (χ0) is 12.1. The quantitative estimate of drug-likeness (QED) is 0.911. The molecule has 1 fully saturated rings. The van der Waals surface area contributed by atoms with Gasteiger partial charge in [-0.1, -0.05) is 12.1 Å². The second-order valence-corrected chi connectivity index (χ2v) is 6.51. The summed E-state index contributed by atoms with van der Waals surface area (Å²) >= 11 is 4.02. The van der Waals surface area contributed by atoms with Crippen molar-refractivity contribution in [2.75, 3.05) is 23.9 Å². The highest BCUT2D eigenvalue weighted by Crippen LogP contribution is 2.32. The summed E-state index contributed by atoms with van der Waals surface area (Å²) in [4.78, 5) is 0. The number of ether oxygens (including phenoxy) is 1. The summed E-state index contributed by atoms with van der Waals surface area (Å²) in [5.41, 5.74) is 7.53. The average molecular weight is 269 g/mol. The van der Waals surface area contributed by atoms with Gasteiger partial charge >= 0.3 is 0 Å². The van der Waals surface area contributed by atoms with Crippen LogP contribution in [0.3, 0.4) is 0 Å². The lowest BCUT2D eigenvalue weighted by molar-refractivity contribution is 0.340. The molecule has 0 aliphatic carbocycles. The van der Waals surface area contributed by atoms with Crippen molar-refractivity contribution >= 4 is 23.5 Å². The summed E-state index contributed by atoms with van der Waals surface area (Å²) in [5.74, 6) is 4.57. The summed E-state index contributed by atoms with van der Waals surface area (Å²) in [7, 11) is 0. The molecule has 1 aromatic carbocycles. The lowest BCUT2D eigenvalue weighted by Crippen LogP contribution is -2.28. The molecule has 0 bridgehead atoms. The van der Waals surface area contributed by atoms with Crippen LogP contribution >= 0.6 is 23.5 Å². The van der Waals surface area contributed by atoms with Crippen LogP contribution < -0.4 is 10.5 Å². The maximum Gasteiger partial charge on any atom is 0.119 e. The SMILES string of the molecule is CCOc1ccc(C(N)C2CSCCS2)cc1. The van der Waals surface area contributed by atoms with E-state index in [4.69, 9.17) is 10.5 Å². The standard InChI is InChI=1S/C13H19NOS2/c1-2-15-11-5-3-10(4-6-11)13(14)12-9-16-7-8-17-12/h3-6,12-13H,2,7-9,14H2,1H3. The first kappa shape index (κ1) is 13.1. The van der Waals surface area contributed by atoms with Crippen molar-refractivity contribution in [3.63, 3.8) is 0 Å². The maximum atomic E-state index is 6.32. The molecule has 2 rings (SSSR count). The Labute approximate surface area is 112 Å². The molecule has 1 aliphatic rings. The molecule has 0 aromatic heterocycles. The number of thioether (sulfide) groups is 2. The van der Waals surface area contributed by atoms with Gasteiger partial charge in [-0.2, -0.15) is 23.5 Å². The van der Waals surface area contributed by atoms with E-state index in [2.05, 4.69) is 12.1 Å². The number of benzene rings is 1. The third-order valence-corrected chi connectivity index (χ3v) is 5.70. The summed E-state index contributed by atoms with van der Waals surface area (Å²) in [6.07, 6.45) is 0. The summed E-state index contributed by atoms with van der Waals surface area (Å²) in [6, 6.07) is 8.35. The van der Waals surface area contributed by atoms with Gasteiger partial charge < -0.3 is 10.5 Å². The van der Waals surface area contributed by atoms with E-state index in [9.17, 15) is 0 Å². The minimum Gasteiger partial charge on any atom is -0.494 e. The van der Waals surface area contributed by atoms with Crippen molar-refractivity contribution in [2.24, 2.45) is 5.73 Å².